The fraction of sp³-hybridized carbons (Fsp3) is 0.333. The molecule has 1 aromatic heterocycles. The number of rotatable bonds is 4. The molecule has 0 atom stereocenters. The van der Waals surface area contributed by atoms with E-state index in [2.05, 4.69) is 4.98 Å². The van der Waals surface area contributed by atoms with Crippen molar-refractivity contribution in [3.63, 3.8) is 0 Å². The Hall–Kier alpha value is -1.78. The molecule has 0 unspecified atom stereocenters. The van der Waals surface area contributed by atoms with Crippen LogP contribution >= 0.6 is 0 Å². The van der Waals surface area contributed by atoms with Crippen LogP contribution in [0.3, 0.4) is 0 Å². The van der Waals surface area contributed by atoms with Gasteiger partial charge in [-0.05, 0) is 12.5 Å². The van der Waals surface area contributed by atoms with Crippen molar-refractivity contribution in [2.24, 2.45) is 0 Å². The number of pyridine rings is 1. The third-order valence-corrected chi connectivity index (χ3v) is 1.57. The first-order valence-corrected chi connectivity index (χ1v) is 4.26. The molecule has 0 aliphatic heterocycles. The summed E-state index contributed by atoms with van der Waals surface area (Å²) in [5, 5.41) is 8.64. The smallest absolute Gasteiger partial charge is 0.337 e. The monoisotopic (exact) mass is 196 g/mol. The number of nitrogen functional groups attached to an aromatic ring is 1. The molecule has 0 aliphatic rings. The zero-order chi connectivity index (χ0) is 10.6. The number of hydrogen-bond donors (Lipinski definition) is 2. The van der Waals surface area contributed by atoms with E-state index in [0.29, 0.717) is 6.61 Å². The molecule has 0 spiro atoms. The van der Waals surface area contributed by atoms with E-state index in [1.54, 1.807) is 0 Å². The van der Waals surface area contributed by atoms with Crippen molar-refractivity contribution >= 4 is 11.7 Å². The average Bonchev–Trinajstić information content (AvgIpc) is 2.15. The summed E-state index contributed by atoms with van der Waals surface area (Å²) in [5.41, 5.74) is 5.86. The molecule has 0 saturated heterocycles. The molecule has 5 nitrogen and oxygen atoms in total. The summed E-state index contributed by atoms with van der Waals surface area (Å²) >= 11 is 0. The maximum atomic E-state index is 10.5. The molecule has 0 amide bonds. The van der Waals surface area contributed by atoms with Crippen LogP contribution in [0, 0.1) is 0 Å². The van der Waals surface area contributed by atoms with Gasteiger partial charge in [0.2, 0.25) is 5.88 Å². The highest BCUT2D eigenvalue weighted by Gasteiger charge is 2.07. The molecule has 0 bridgehead atoms. The van der Waals surface area contributed by atoms with Crippen LogP contribution in [0.25, 0.3) is 0 Å². The Labute approximate surface area is 81.5 Å². The van der Waals surface area contributed by atoms with Crippen molar-refractivity contribution < 1.29 is 14.6 Å². The summed E-state index contributed by atoms with van der Waals surface area (Å²) in [6, 6.07) is 1.33. The average molecular weight is 196 g/mol. The van der Waals surface area contributed by atoms with Gasteiger partial charge in [0.1, 0.15) is 0 Å². The first-order valence-electron chi connectivity index (χ1n) is 4.26. The zero-order valence-corrected chi connectivity index (χ0v) is 7.86. The predicted molar refractivity (Wildman–Crippen MR) is 51.4 cm³/mol. The van der Waals surface area contributed by atoms with Crippen LogP contribution in [0.1, 0.15) is 23.7 Å². The minimum Gasteiger partial charge on any atom is -0.478 e. The highest BCUT2D eigenvalue weighted by atomic mass is 16.5. The number of ether oxygens (including phenoxy) is 1. The lowest BCUT2D eigenvalue weighted by molar-refractivity contribution is 0.0696. The van der Waals surface area contributed by atoms with Crippen LogP contribution in [-0.4, -0.2) is 22.7 Å². The maximum Gasteiger partial charge on any atom is 0.337 e. The van der Waals surface area contributed by atoms with Gasteiger partial charge >= 0.3 is 5.97 Å². The predicted octanol–water partition coefficient (Wildman–Crippen LogP) is 1.15. The second-order valence-corrected chi connectivity index (χ2v) is 2.77. The molecule has 14 heavy (non-hydrogen) atoms. The standard InChI is InChI=1S/C9H12N2O3/c1-2-3-14-8-7(10)4-6(5-11-8)9(12)13/h4-5H,2-3,10H2,1H3,(H,12,13). The number of aromatic nitrogens is 1. The van der Waals surface area contributed by atoms with Crippen molar-refractivity contribution in [2.75, 3.05) is 12.3 Å². The lowest BCUT2D eigenvalue weighted by Gasteiger charge is -2.06. The molecular weight excluding hydrogens is 184 g/mol. The molecule has 0 radical (unpaired) electrons. The fourth-order valence-electron chi connectivity index (χ4n) is 0.906. The topological polar surface area (TPSA) is 85.4 Å². The third kappa shape index (κ3) is 2.35. The minimum atomic E-state index is -1.05. The van der Waals surface area contributed by atoms with E-state index >= 15 is 0 Å². The summed E-state index contributed by atoms with van der Waals surface area (Å²) in [6.45, 7) is 2.48. The molecule has 0 aromatic carbocycles. The number of carboxylic acids is 1. The first-order chi connectivity index (χ1) is 6.65. The quantitative estimate of drug-likeness (QED) is 0.754. The molecule has 3 N–H and O–H groups in total. The number of carbonyl (C=O) groups is 1. The van der Waals surface area contributed by atoms with Gasteiger partial charge in [-0.1, -0.05) is 6.92 Å². The first kappa shape index (κ1) is 10.3. The van der Waals surface area contributed by atoms with Gasteiger partial charge in [0.15, 0.2) is 0 Å². The molecule has 0 saturated carbocycles. The van der Waals surface area contributed by atoms with Crippen molar-refractivity contribution in [2.45, 2.75) is 13.3 Å². The third-order valence-electron chi connectivity index (χ3n) is 1.57. The Morgan fingerprint density at radius 1 is 1.71 bits per heavy atom. The van der Waals surface area contributed by atoms with E-state index in [9.17, 15) is 4.79 Å². The fourth-order valence-corrected chi connectivity index (χ4v) is 0.906. The van der Waals surface area contributed by atoms with Gasteiger partial charge in [-0.3, -0.25) is 0 Å². The van der Waals surface area contributed by atoms with Crippen molar-refractivity contribution in [3.8, 4) is 5.88 Å². The van der Waals surface area contributed by atoms with Crippen molar-refractivity contribution in [1.82, 2.24) is 4.98 Å². The van der Waals surface area contributed by atoms with Gasteiger partial charge in [0, 0.05) is 6.20 Å². The van der Waals surface area contributed by atoms with Crippen molar-refractivity contribution in [3.05, 3.63) is 17.8 Å². The second kappa shape index (κ2) is 4.45. The second-order valence-electron chi connectivity index (χ2n) is 2.77. The van der Waals surface area contributed by atoms with E-state index < -0.39 is 5.97 Å². The Morgan fingerprint density at radius 2 is 2.43 bits per heavy atom. The minimum absolute atomic E-state index is 0.0614. The van der Waals surface area contributed by atoms with Gasteiger partial charge in [0.25, 0.3) is 0 Å². The Bertz CT molecular complexity index is 339. The maximum absolute atomic E-state index is 10.5. The van der Waals surface area contributed by atoms with E-state index in [4.69, 9.17) is 15.6 Å². The molecule has 76 valence electrons. The number of hydrogen-bond acceptors (Lipinski definition) is 4. The molecule has 0 fully saturated rings. The highest BCUT2D eigenvalue weighted by Crippen LogP contribution is 2.18. The van der Waals surface area contributed by atoms with Crippen molar-refractivity contribution in [1.29, 1.82) is 0 Å². The van der Waals surface area contributed by atoms with Gasteiger partial charge in [-0.25, -0.2) is 9.78 Å². The lowest BCUT2D eigenvalue weighted by Crippen LogP contribution is -2.04. The molecule has 5 heteroatoms. The number of carboxylic acid groups (broad SMARTS) is 1. The highest BCUT2D eigenvalue weighted by molar-refractivity contribution is 5.88. The van der Waals surface area contributed by atoms with Crippen LogP contribution in [0.4, 0.5) is 5.69 Å². The number of aromatic carboxylic acids is 1. The molecule has 1 rings (SSSR count). The Kier molecular flexibility index (Phi) is 3.28. The molecule has 0 aliphatic carbocycles. The van der Waals surface area contributed by atoms with Crippen LogP contribution in [0.15, 0.2) is 12.3 Å². The van der Waals surface area contributed by atoms with Crippen LogP contribution in [-0.2, 0) is 0 Å². The molecular formula is C9H12N2O3. The van der Waals surface area contributed by atoms with E-state index in [0.717, 1.165) is 6.42 Å². The van der Waals surface area contributed by atoms with Gasteiger partial charge in [-0.2, -0.15) is 0 Å². The van der Waals surface area contributed by atoms with Gasteiger partial charge < -0.3 is 15.6 Å². The molecule has 1 aromatic rings. The zero-order valence-electron chi connectivity index (χ0n) is 7.86. The SMILES string of the molecule is CCCOc1ncc(C(=O)O)cc1N. The largest absolute Gasteiger partial charge is 0.478 e. The number of nitrogens with two attached hydrogens (primary N) is 1. The Balaban J connectivity index is 2.84. The lowest BCUT2D eigenvalue weighted by atomic mass is 10.2. The van der Waals surface area contributed by atoms with Gasteiger partial charge in [0.05, 0.1) is 17.9 Å². The van der Waals surface area contributed by atoms with Gasteiger partial charge in [-0.15, -0.1) is 0 Å². The summed E-state index contributed by atoms with van der Waals surface area (Å²) < 4.78 is 5.19. The van der Waals surface area contributed by atoms with Crippen LogP contribution in [0.5, 0.6) is 5.88 Å². The van der Waals surface area contributed by atoms with E-state index in [-0.39, 0.29) is 17.1 Å². The van der Waals surface area contributed by atoms with E-state index in [1.165, 1.54) is 12.3 Å². The summed E-state index contributed by atoms with van der Waals surface area (Å²) in [6.07, 6.45) is 2.07. The number of nitrogens with zero attached hydrogens (tertiary/aromatic N) is 1. The Morgan fingerprint density at radius 3 is 2.93 bits per heavy atom. The summed E-state index contributed by atoms with van der Waals surface area (Å²) in [4.78, 5) is 14.4. The summed E-state index contributed by atoms with van der Waals surface area (Å²) in [5.74, 6) is -0.761. The normalized spacial score (nSPS) is 9.79. The van der Waals surface area contributed by atoms with Crippen LogP contribution < -0.4 is 10.5 Å². The van der Waals surface area contributed by atoms with Crippen LogP contribution in [0.2, 0.25) is 0 Å². The van der Waals surface area contributed by atoms with E-state index in [1.807, 2.05) is 6.92 Å². The summed E-state index contributed by atoms with van der Waals surface area (Å²) in [7, 11) is 0. The number of anilines is 1. The molecule has 1 heterocycles.